The molecule has 1 amide bonds. The van der Waals surface area contributed by atoms with Gasteiger partial charge in [0.1, 0.15) is 0 Å². The predicted octanol–water partition coefficient (Wildman–Crippen LogP) is 3.35. The number of benzene rings is 2. The summed E-state index contributed by atoms with van der Waals surface area (Å²) in [6, 6.07) is 18.3. The minimum Gasteiger partial charge on any atom is -0.368 e. The van der Waals surface area contributed by atoms with Crippen molar-refractivity contribution in [2.24, 2.45) is 0 Å². The molecule has 0 aliphatic carbocycles. The number of hydrogen-bond donors (Lipinski definition) is 0. The maximum Gasteiger partial charge on any atom is 0.253 e. The van der Waals surface area contributed by atoms with Crippen LogP contribution in [-0.2, 0) is 11.3 Å². The molecular weight excluding hydrogens is 312 g/mol. The van der Waals surface area contributed by atoms with E-state index in [0.29, 0.717) is 0 Å². The molecule has 1 aliphatic heterocycles. The number of carbonyl (C=O) groups is 1. The summed E-state index contributed by atoms with van der Waals surface area (Å²) in [5.41, 5.74) is 3.12. The summed E-state index contributed by atoms with van der Waals surface area (Å²) in [6.07, 6.45) is 0.280. The molecule has 0 spiro atoms. The van der Waals surface area contributed by atoms with Crippen molar-refractivity contribution in [3.8, 4) is 0 Å². The highest BCUT2D eigenvalue weighted by molar-refractivity contribution is 5.94. The Hall–Kier alpha value is -2.17. The Kier molecular flexibility index (Phi) is 5.51. The lowest BCUT2D eigenvalue weighted by Crippen LogP contribution is -2.42. The van der Waals surface area contributed by atoms with E-state index in [2.05, 4.69) is 42.2 Å². The van der Waals surface area contributed by atoms with Crippen LogP contribution in [0, 0.1) is 0 Å². The summed E-state index contributed by atoms with van der Waals surface area (Å²) >= 11 is 0. The maximum atomic E-state index is 12.2. The first kappa shape index (κ1) is 17.6. The second-order valence-electron chi connectivity index (χ2n) is 6.94. The fraction of sp³-hybridized carbons (Fsp3) is 0.381. The van der Waals surface area contributed by atoms with Crippen LogP contribution in [0.3, 0.4) is 0 Å². The normalized spacial score (nSPS) is 21.1. The molecule has 0 unspecified atom stereocenters. The third kappa shape index (κ3) is 4.47. The fourth-order valence-electron chi connectivity index (χ4n) is 3.34. The summed E-state index contributed by atoms with van der Waals surface area (Å²) in [7, 11) is 3.56. The van der Waals surface area contributed by atoms with Crippen molar-refractivity contribution in [2.75, 3.05) is 27.2 Å². The van der Waals surface area contributed by atoms with Crippen LogP contribution >= 0.6 is 0 Å². The number of rotatable bonds is 4. The lowest BCUT2D eigenvalue weighted by Gasteiger charge is -2.37. The summed E-state index contributed by atoms with van der Waals surface area (Å²) in [5, 5.41) is 0. The van der Waals surface area contributed by atoms with Gasteiger partial charge in [-0.15, -0.1) is 0 Å². The highest BCUT2D eigenvalue weighted by atomic mass is 16.5. The van der Waals surface area contributed by atoms with Crippen LogP contribution in [0.15, 0.2) is 54.6 Å². The summed E-state index contributed by atoms with van der Waals surface area (Å²) in [5.74, 6) is 0.0411. The van der Waals surface area contributed by atoms with Gasteiger partial charge in [0.2, 0.25) is 0 Å². The van der Waals surface area contributed by atoms with Crippen molar-refractivity contribution in [1.82, 2.24) is 9.80 Å². The number of hydrogen-bond acceptors (Lipinski definition) is 3. The van der Waals surface area contributed by atoms with Gasteiger partial charge >= 0.3 is 0 Å². The molecule has 0 aromatic heterocycles. The molecule has 1 heterocycles. The van der Waals surface area contributed by atoms with Gasteiger partial charge in [-0.25, -0.2) is 0 Å². The molecule has 1 saturated heterocycles. The van der Waals surface area contributed by atoms with Gasteiger partial charge in [-0.1, -0.05) is 42.5 Å². The Morgan fingerprint density at radius 3 is 2.60 bits per heavy atom. The van der Waals surface area contributed by atoms with Gasteiger partial charge in [-0.2, -0.15) is 0 Å². The van der Waals surface area contributed by atoms with Gasteiger partial charge in [0, 0.05) is 39.3 Å². The van der Waals surface area contributed by atoms with Crippen LogP contribution in [0.1, 0.15) is 34.5 Å². The molecular formula is C21H26N2O2. The van der Waals surface area contributed by atoms with Gasteiger partial charge in [0.05, 0.1) is 12.2 Å². The Labute approximate surface area is 150 Å². The molecule has 0 N–H and O–H groups in total. The standard InChI is InChI=1S/C21H26N2O2/c1-16-13-23(15-20(25-16)18-9-5-4-6-10-18)14-17-8-7-11-19(12-17)21(24)22(2)3/h4-12,16,20H,13-15H2,1-3H3/t16-,20-/m0/s1. The average Bonchev–Trinajstić information content (AvgIpc) is 2.61. The largest absolute Gasteiger partial charge is 0.368 e. The van der Waals surface area contributed by atoms with Crippen molar-refractivity contribution < 1.29 is 9.53 Å². The minimum absolute atomic E-state index is 0.0411. The van der Waals surface area contributed by atoms with Crippen LogP contribution in [0.4, 0.5) is 0 Å². The summed E-state index contributed by atoms with van der Waals surface area (Å²) < 4.78 is 6.13. The van der Waals surface area contributed by atoms with E-state index in [9.17, 15) is 4.79 Å². The molecule has 2 atom stereocenters. The van der Waals surface area contributed by atoms with E-state index < -0.39 is 0 Å². The molecule has 2 aromatic carbocycles. The van der Waals surface area contributed by atoms with Gasteiger partial charge in [0.25, 0.3) is 5.91 Å². The molecule has 4 nitrogen and oxygen atoms in total. The lowest BCUT2D eigenvalue weighted by molar-refractivity contribution is -0.0814. The van der Waals surface area contributed by atoms with Crippen LogP contribution in [0.25, 0.3) is 0 Å². The van der Waals surface area contributed by atoms with E-state index in [0.717, 1.165) is 30.8 Å². The van der Waals surface area contributed by atoms with E-state index >= 15 is 0 Å². The number of morpholine rings is 1. The second kappa shape index (κ2) is 7.81. The highest BCUT2D eigenvalue weighted by Gasteiger charge is 2.26. The molecule has 132 valence electrons. The molecule has 4 heteroatoms. The number of ether oxygens (including phenoxy) is 1. The van der Waals surface area contributed by atoms with E-state index in [1.807, 2.05) is 24.3 Å². The van der Waals surface area contributed by atoms with Gasteiger partial charge in [-0.3, -0.25) is 9.69 Å². The molecule has 25 heavy (non-hydrogen) atoms. The van der Waals surface area contributed by atoms with Gasteiger partial charge < -0.3 is 9.64 Å². The van der Waals surface area contributed by atoms with Crippen LogP contribution in [0.2, 0.25) is 0 Å². The van der Waals surface area contributed by atoms with E-state index in [4.69, 9.17) is 4.74 Å². The van der Waals surface area contributed by atoms with Crippen LogP contribution < -0.4 is 0 Å². The predicted molar refractivity (Wildman–Crippen MR) is 99.5 cm³/mol. The number of nitrogens with zero attached hydrogens (tertiary/aromatic N) is 2. The smallest absolute Gasteiger partial charge is 0.253 e. The van der Waals surface area contributed by atoms with Crippen molar-refractivity contribution in [3.05, 3.63) is 71.3 Å². The third-order valence-corrected chi connectivity index (χ3v) is 4.49. The third-order valence-electron chi connectivity index (χ3n) is 4.49. The molecule has 2 aromatic rings. The zero-order valence-electron chi connectivity index (χ0n) is 15.2. The van der Waals surface area contributed by atoms with Gasteiger partial charge in [0.15, 0.2) is 0 Å². The Morgan fingerprint density at radius 1 is 1.12 bits per heavy atom. The molecule has 0 radical (unpaired) electrons. The number of carbonyl (C=O) groups excluding carboxylic acids is 1. The molecule has 0 saturated carbocycles. The molecule has 1 fully saturated rings. The van der Waals surface area contributed by atoms with Crippen molar-refractivity contribution in [3.63, 3.8) is 0 Å². The Bertz CT molecular complexity index is 715. The van der Waals surface area contributed by atoms with Crippen LogP contribution in [0.5, 0.6) is 0 Å². The zero-order chi connectivity index (χ0) is 17.8. The van der Waals surface area contributed by atoms with E-state index in [1.165, 1.54) is 5.56 Å². The number of amides is 1. The molecule has 0 bridgehead atoms. The Morgan fingerprint density at radius 2 is 1.88 bits per heavy atom. The van der Waals surface area contributed by atoms with Crippen molar-refractivity contribution in [1.29, 1.82) is 0 Å². The Balaban J connectivity index is 1.72. The van der Waals surface area contributed by atoms with Crippen LogP contribution in [-0.4, -0.2) is 49.0 Å². The first-order chi connectivity index (χ1) is 12.0. The first-order valence-electron chi connectivity index (χ1n) is 8.76. The van der Waals surface area contributed by atoms with E-state index in [1.54, 1.807) is 19.0 Å². The minimum atomic E-state index is 0.0411. The monoisotopic (exact) mass is 338 g/mol. The quantitative estimate of drug-likeness (QED) is 0.857. The van der Waals surface area contributed by atoms with Gasteiger partial charge in [-0.05, 0) is 30.2 Å². The maximum absolute atomic E-state index is 12.2. The molecule has 1 aliphatic rings. The molecule has 3 rings (SSSR count). The van der Waals surface area contributed by atoms with E-state index in [-0.39, 0.29) is 18.1 Å². The van der Waals surface area contributed by atoms with Crippen molar-refractivity contribution >= 4 is 5.91 Å². The average molecular weight is 338 g/mol. The topological polar surface area (TPSA) is 32.8 Å². The fourth-order valence-corrected chi connectivity index (χ4v) is 3.34. The second-order valence-corrected chi connectivity index (χ2v) is 6.94. The lowest BCUT2D eigenvalue weighted by atomic mass is 10.0. The zero-order valence-corrected chi connectivity index (χ0v) is 15.2. The summed E-state index contributed by atoms with van der Waals surface area (Å²) in [6.45, 7) is 4.70. The summed E-state index contributed by atoms with van der Waals surface area (Å²) in [4.78, 5) is 16.2. The highest BCUT2D eigenvalue weighted by Crippen LogP contribution is 2.26. The SMILES string of the molecule is C[C@H]1CN(Cc2cccc(C(=O)N(C)C)c2)C[C@@H](c2ccccc2)O1. The first-order valence-corrected chi connectivity index (χ1v) is 8.76. The van der Waals surface area contributed by atoms with Crippen molar-refractivity contribution in [2.45, 2.75) is 25.7 Å².